The van der Waals surface area contributed by atoms with E-state index >= 15 is 0 Å². The fourth-order valence-electron chi connectivity index (χ4n) is 3.23. The first-order chi connectivity index (χ1) is 15.4. The lowest BCUT2D eigenvalue weighted by Crippen LogP contribution is -2.27. The van der Waals surface area contributed by atoms with Crippen LogP contribution in [-0.2, 0) is 11.3 Å². The molecule has 0 saturated heterocycles. The number of hydrogen-bond acceptors (Lipinski definition) is 6. The van der Waals surface area contributed by atoms with E-state index in [1.165, 1.54) is 28.3 Å². The molecule has 0 bridgehead atoms. The van der Waals surface area contributed by atoms with Crippen molar-refractivity contribution in [1.82, 2.24) is 9.55 Å². The van der Waals surface area contributed by atoms with Crippen molar-refractivity contribution >= 4 is 56.3 Å². The number of ether oxygens (including phenoxy) is 2. The lowest BCUT2D eigenvalue weighted by atomic mass is 10.1. The van der Waals surface area contributed by atoms with Crippen LogP contribution in [0.2, 0.25) is 10.0 Å². The first kappa shape index (κ1) is 22.1. The summed E-state index contributed by atoms with van der Waals surface area (Å²) >= 11 is 13.3. The number of amides is 1. The van der Waals surface area contributed by atoms with Crippen LogP contribution in [0.3, 0.4) is 0 Å². The summed E-state index contributed by atoms with van der Waals surface area (Å²) in [5.74, 6) is 0.719. The number of carbonyl (C=O) groups excluding carboxylic acids is 1. The van der Waals surface area contributed by atoms with Crippen molar-refractivity contribution in [3.8, 4) is 22.6 Å². The predicted octanol–water partition coefficient (Wildman–Crippen LogP) is 5.09. The maximum absolute atomic E-state index is 13.2. The van der Waals surface area contributed by atoms with Gasteiger partial charge < -0.3 is 14.8 Å². The SMILES string of the molecule is COc1ccc(-c2csc3ncn(CC(=O)Nc4ccc(Cl)cc4Cl)c(=O)c23)cc1OC. The number of halogens is 2. The normalized spacial score (nSPS) is 10.9. The molecule has 1 N–H and O–H groups in total. The molecule has 0 aliphatic heterocycles. The van der Waals surface area contributed by atoms with Gasteiger partial charge in [-0.15, -0.1) is 11.3 Å². The molecule has 0 atom stereocenters. The standard InChI is InChI=1S/C22H17Cl2N3O4S/c1-30-17-6-3-12(7-18(17)31-2)14-10-32-21-20(14)22(29)27(11-25-21)9-19(28)26-16-5-4-13(23)8-15(16)24/h3-8,10-11H,9H2,1-2H3,(H,26,28). The van der Waals surface area contributed by atoms with Crippen molar-refractivity contribution in [2.75, 3.05) is 19.5 Å². The molecular weight excluding hydrogens is 473 g/mol. The highest BCUT2D eigenvalue weighted by Crippen LogP contribution is 2.36. The Morgan fingerprint density at radius 1 is 1.12 bits per heavy atom. The maximum Gasteiger partial charge on any atom is 0.263 e. The number of hydrogen-bond donors (Lipinski definition) is 1. The van der Waals surface area contributed by atoms with Gasteiger partial charge in [0.15, 0.2) is 11.5 Å². The quantitative estimate of drug-likeness (QED) is 0.407. The van der Waals surface area contributed by atoms with Crippen molar-refractivity contribution < 1.29 is 14.3 Å². The van der Waals surface area contributed by atoms with E-state index in [1.54, 1.807) is 38.5 Å². The van der Waals surface area contributed by atoms with Crippen LogP contribution >= 0.6 is 34.5 Å². The fourth-order valence-corrected chi connectivity index (χ4v) is 4.59. The molecule has 1 amide bonds. The van der Waals surface area contributed by atoms with Gasteiger partial charge in [-0.1, -0.05) is 29.3 Å². The van der Waals surface area contributed by atoms with Gasteiger partial charge in [-0.2, -0.15) is 0 Å². The van der Waals surface area contributed by atoms with Crippen LogP contribution < -0.4 is 20.3 Å². The Morgan fingerprint density at radius 3 is 2.62 bits per heavy atom. The molecule has 0 aliphatic rings. The molecule has 4 aromatic rings. The van der Waals surface area contributed by atoms with E-state index in [0.717, 1.165) is 5.56 Å². The van der Waals surface area contributed by atoms with Gasteiger partial charge in [0.05, 0.1) is 36.6 Å². The largest absolute Gasteiger partial charge is 0.493 e. The molecule has 0 fully saturated rings. The molecule has 32 heavy (non-hydrogen) atoms. The number of nitrogens with one attached hydrogen (secondary N) is 1. The Morgan fingerprint density at radius 2 is 1.91 bits per heavy atom. The molecule has 7 nitrogen and oxygen atoms in total. The molecule has 0 spiro atoms. The van der Waals surface area contributed by atoms with Crippen LogP contribution in [0.15, 0.2) is 52.9 Å². The number of aromatic nitrogens is 2. The summed E-state index contributed by atoms with van der Waals surface area (Å²) < 4.78 is 11.9. The maximum atomic E-state index is 13.2. The topological polar surface area (TPSA) is 82.5 Å². The number of thiophene rings is 1. The summed E-state index contributed by atoms with van der Waals surface area (Å²) in [5.41, 5.74) is 1.57. The average molecular weight is 490 g/mol. The number of carbonyl (C=O) groups is 1. The lowest BCUT2D eigenvalue weighted by Gasteiger charge is -2.10. The Kier molecular flexibility index (Phi) is 6.36. The van der Waals surface area contributed by atoms with Gasteiger partial charge >= 0.3 is 0 Å². The third-order valence-corrected chi connectivity index (χ3v) is 6.21. The zero-order valence-corrected chi connectivity index (χ0v) is 19.3. The van der Waals surface area contributed by atoms with E-state index in [2.05, 4.69) is 10.3 Å². The highest BCUT2D eigenvalue weighted by Gasteiger charge is 2.17. The minimum Gasteiger partial charge on any atom is -0.493 e. The molecule has 0 radical (unpaired) electrons. The summed E-state index contributed by atoms with van der Waals surface area (Å²) in [6.07, 6.45) is 1.36. The molecule has 4 rings (SSSR count). The fraction of sp³-hybridized carbons (Fsp3) is 0.136. The first-order valence-corrected chi connectivity index (χ1v) is 11.0. The van der Waals surface area contributed by atoms with Crippen molar-refractivity contribution in [2.24, 2.45) is 0 Å². The second-order valence-electron chi connectivity index (χ2n) is 6.75. The zero-order chi connectivity index (χ0) is 22.8. The van der Waals surface area contributed by atoms with Crippen LogP contribution in [0.1, 0.15) is 0 Å². The Labute approximate surface area is 197 Å². The number of benzene rings is 2. The van der Waals surface area contributed by atoms with E-state index in [1.807, 2.05) is 11.4 Å². The second kappa shape index (κ2) is 9.20. The van der Waals surface area contributed by atoms with Gasteiger partial charge in [0, 0.05) is 16.0 Å². The van der Waals surface area contributed by atoms with E-state index in [9.17, 15) is 9.59 Å². The van der Waals surface area contributed by atoms with Crippen LogP contribution in [0, 0.1) is 0 Å². The van der Waals surface area contributed by atoms with Crippen LogP contribution in [-0.4, -0.2) is 29.7 Å². The van der Waals surface area contributed by atoms with Crippen LogP contribution in [0.5, 0.6) is 11.5 Å². The minimum absolute atomic E-state index is 0.220. The van der Waals surface area contributed by atoms with Crippen LogP contribution in [0.4, 0.5) is 5.69 Å². The summed E-state index contributed by atoms with van der Waals surface area (Å²) in [6.45, 7) is -0.220. The van der Waals surface area contributed by atoms with E-state index in [0.29, 0.717) is 43.0 Å². The molecule has 2 aromatic carbocycles. The number of methoxy groups -OCH3 is 2. The molecule has 2 aromatic heterocycles. The molecule has 0 aliphatic carbocycles. The molecule has 0 unspecified atom stereocenters. The number of anilines is 1. The van der Waals surface area contributed by atoms with Crippen LogP contribution in [0.25, 0.3) is 21.3 Å². The number of fused-ring (bicyclic) bond motifs is 1. The van der Waals surface area contributed by atoms with Crippen molar-refractivity contribution in [3.05, 3.63) is 68.5 Å². The summed E-state index contributed by atoms with van der Waals surface area (Å²) in [4.78, 5) is 30.7. The van der Waals surface area contributed by atoms with Crippen molar-refractivity contribution in [2.45, 2.75) is 6.54 Å². The van der Waals surface area contributed by atoms with Gasteiger partial charge in [-0.25, -0.2) is 4.98 Å². The lowest BCUT2D eigenvalue weighted by molar-refractivity contribution is -0.116. The Bertz CT molecular complexity index is 1380. The van der Waals surface area contributed by atoms with Crippen molar-refractivity contribution in [1.29, 1.82) is 0 Å². The number of rotatable bonds is 6. The highest BCUT2D eigenvalue weighted by atomic mass is 35.5. The second-order valence-corrected chi connectivity index (χ2v) is 8.45. The summed E-state index contributed by atoms with van der Waals surface area (Å²) in [6, 6.07) is 10.2. The van der Waals surface area contributed by atoms with Crippen molar-refractivity contribution in [3.63, 3.8) is 0 Å². The highest BCUT2D eigenvalue weighted by molar-refractivity contribution is 7.17. The van der Waals surface area contributed by atoms with E-state index in [-0.39, 0.29) is 12.1 Å². The van der Waals surface area contributed by atoms with Gasteiger partial charge in [0.1, 0.15) is 11.4 Å². The minimum atomic E-state index is -0.416. The van der Waals surface area contributed by atoms with Gasteiger partial charge in [-0.3, -0.25) is 14.2 Å². The van der Waals surface area contributed by atoms with E-state index < -0.39 is 5.91 Å². The molecule has 164 valence electrons. The monoisotopic (exact) mass is 489 g/mol. The van der Waals surface area contributed by atoms with Gasteiger partial charge in [-0.05, 0) is 35.9 Å². The predicted molar refractivity (Wildman–Crippen MR) is 128 cm³/mol. The molecule has 2 heterocycles. The zero-order valence-electron chi connectivity index (χ0n) is 17.0. The summed E-state index contributed by atoms with van der Waals surface area (Å²) in [5, 5.41) is 5.74. The Hall–Kier alpha value is -3.07. The van der Waals surface area contributed by atoms with E-state index in [4.69, 9.17) is 32.7 Å². The smallest absolute Gasteiger partial charge is 0.263 e. The molecule has 0 saturated carbocycles. The Balaban J connectivity index is 1.67. The van der Waals surface area contributed by atoms with Gasteiger partial charge in [0.25, 0.3) is 5.56 Å². The first-order valence-electron chi connectivity index (χ1n) is 9.35. The average Bonchev–Trinajstić information content (AvgIpc) is 3.22. The summed E-state index contributed by atoms with van der Waals surface area (Å²) in [7, 11) is 3.11. The third kappa shape index (κ3) is 4.29. The molecule has 10 heteroatoms. The number of nitrogens with zero attached hydrogens (tertiary/aromatic N) is 2. The third-order valence-electron chi connectivity index (χ3n) is 4.77. The molecular formula is C22H17Cl2N3O4S. The van der Waals surface area contributed by atoms with Gasteiger partial charge in [0.2, 0.25) is 5.91 Å².